The van der Waals surface area contributed by atoms with Crippen molar-refractivity contribution in [1.29, 1.82) is 0 Å². The minimum Gasteiger partial charge on any atom is -0.398 e. The molecule has 0 aromatic heterocycles. The lowest BCUT2D eigenvalue weighted by Crippen LogP contribution is -2.32. The quantitative estimate of drug-likeness (QED) is 0.792. The highest BCUT2D eigenvalue weighted by atomic mass is 15.1. The fourth-order valence-electron chi connectivity index (χ4n) is 2.59. The first-order valence-electron chi connectivity index (χ1n) is 6.75. The molecule has 2 heteroatoms. The van der Waals surface area contributed by atoms with E-state index in [1.165, 1.54) is 42.7 Å². The van der Waals surface area contributed by atoms with Crippen LogP contribution in [-0.4, -0.2) is 13.1 Å². The number of benzene rings is 1. The predicted molar refractivity (Wildman–Crippen MR) is 75.6 cm³/mol. The fraction of sp³-hybridized carbons (Fsp3) is 0.600. The highest BCUT2D eigenvalue weighted by molar-refractivity contribution is 5.63. The van der Waals surface area contributed by atoms with E-state index in [0.29, 0.717) is 0 Å². The Kier molecular flexibility index (Phi) is 3.60. The number of nitrogens with zero attached hydrogens (tertiary/aromatic N) is 1. The zero-order valence-corrected chi connectivity index (χ0v) is 11.3. The van der Waals surface area contributed by atoms with E-state index in [9.17, 15) is 0 Å². The summed E-state index contributed by atoms with van der Waals surface area (Å²) in [6, 6.07) is 4.52. The minimum atomic E-state index is 0.881. The van der Waals surface area contributed by atoms with Crippen molar-refractivity contribution in [1.82, 2.24) is 0 Å². The molecule has 1 aliphatic heterocycles. The van der Waals surface area contributed by atoms with Gasteiger partial charge in [-0.1, -0.05) is 13.8 Å². The van der Waals surface area contributed by atoms with Gasteiger partial charge in [0.1, 0.15) is 0 Å². The Hall–Kier alpha value is -1.18. The van der Waals surface area contributed by atoms with Crippen LogP contribution in [0.2, 0.25) is 0 Å². The molecule has 0 radical (unpaired) electrons. The third kappa shape index (κ3) is 2.56. The lowest BCUT2D eigenvalue weighted by Gasteiger charge is -2.33. The molecule has 17 heavy (non-hydrogen) atoms. The second kappa shape index (κ2) is 4.99. The first kappa shape index (κ1) is 12.3. The van der Waals surface area contributed by atoms with Gasteiger partial charge in [-0.3, -0.25) is 0 Å². The Morgan fingerprint density at radius 2 is 1.94 bits per heavy atom. The summed E-state index contributed by atoms with van der Waals surface area (Å²) in [4.78, 5) is 2.51. The van der Waals surface area contributed by atoms with Gasteiger partial charge in [0.15, 0.2) is 0 Å². The molecule has 1 aromatic rings. The van der Waals surface area contributed by atoms with Gasteiger partial charge in [-0.25, -0.2) is 0 Å². The molecule has 94 valence electrons. The summed E-state index contributed by atoms with van der Waals surface area (Å²) in [5.41, 5.74) is 10.9. The van der Waals surface area contributed by atoms with Crippen molar-refractivity contribution >= 4 is 11.4 Å². The Morgan fingerprint density at radius 3 is 2.53 bits per heavy atom. The van der Waals surface area contributed by atoms with E-state index in [1.54, 1.807) is 0 Å². The number of aryl methyl sites for hydroxylation is 2. The van der Waals surface area contributed by atoms with Crippen molar-refractivity contribution in [3.8, 4) is 0 Å². The topological polar surface area (TPSA) is 29.3 Å². The maximum atomic E-state index is 6.10. The van der Waals surface area contributed by atoms with Crippen LogP contribution in [0.3, 0.4) is 0 Å². The molecular formula is C15H24N2. The molecule has 2 nitrogen and oxygen atoms in total. The second-order valence-corrected chi connectivity index (χ2v) is 5.36. The van der Waals surface area contributed by atoms with Crippen LogP contribution in [0.15, 0.2) is 12.1 Å². The van der Waals surface area contributed by atoms with Gasteiger partial charge in [0.05, 0.1) is 0 Å². The molecule has 0 unspecified atom stereocenters. The van der Waals surface area contributed by atoms with E-state index in [2.05, 4.69) is 37.8 Å². The van der Waals surface area contributed by atoms with E-state index in [0.717, 1.165) is 18.0 Å². The molecule has 1 saturated heterocycles. The van der Waals surface area contributed by atoms with E-state index in [-0.39, 0.29) is 0 Å². The van der Waals surface area contributed by atoms with Crippen molar-refractivity contribution in [3.05, 3.63) is 23.3 Å². The van der Waals surface area contributed by atoms with Crippen LogP contribution in [0.4, 0.5) is 11.4 Å². The maximum Gasteiger partial charge on any atom is 0.0377 e. The molecule has 0 atom stereocenters. The van der Waals surface area contributed by atoms with Crippen molar-refractivity contribution in [2.24, 2.45) is 5.92 Å². The van der Waals surface area contributed by atoms with Gasteiger partial charge in [-0.15, -0.1) is 0 Å². The third-order valence-electron chi connectivity index (χ3n) is 3.99. The molecule has 2 N–H and O–H groups in total. The normalized spacial score (nSPS) is 17.5. The van der Waals surface area contributed by atoms with Gasteiger partial charge >= 0.3 is 0 Å². The summed E-state index contributed by atoms with van der Waals surface area (Å²) in [5.74, 6) is 0.881. The highest BCUT2D eigenvalue weighted by Gasteiger charge is 2.17. The monoisotopic (exact) mass is 232 g/mol. The molecule has 0 amide bonds. The molecule has 0 saturated carbocycles. The summed E-state index contributed by atoms with van der Waals surface area (Å²) in [7, 11) is 0. The fourth-order valence-corrected chi connectivity index (χ4v) is 2.59. The minimum absolute atomic E-state index is 0.881. The largest absolute Gasteiger partial charge is 0.398 e. The number of nitrogens with two attached hydrogens (primary N) is 1. The molecule has 1 fully saturated rings. The first-order valence-corrected chi connectivity index (χ1v) is 6.75. The lowest BCUT2D eigenvalue weighted by atomic mass is 9.97. The van der Waals surface area contributed by atoms with Crippen LogP contribution in [0, 0.1) is 12.8 Å². The van der Waals surface area contributed by atoms with Gasteiger partial charge < -0.3 is 10.6 Å². The van der Waals surface area contributed by atoms with E-state index in [4.69, 9.17) is 5.73 Å². The SMILES string of the molecule is CCc1cc(N2CCC(C)CC2)cc(C)c1N. The van der Waals surface area contributed by atoms with Crippen LogP contribution >= 0.6 is 0 Å². The van der Waals surface area contributed by atoms with E-state index < -0.39 is 0 Å². The Morgan fingerprint density at radius 1 is 1.29 bits per heavy atom. The zero-order valence-electron chi connectivity index (χ0n) is 11.3. The van der Waals surface area contributed by atoms with Crippen LogP contribution in [0.1, 0.15) is 37.8 Å². The summed E-state index contributed by atoms with van der Waals surface area (Å²) < 4.78 is 0. The predicted octanol–water partition coefficient (Wildman–Crippen LogP) is 3.38. The average molecular weight is 232 g/mol. The Bertz CT molecular complexity index is 390. The summed E-state index contributed by atoms with van der Waals surface area (Å²) in [5, 5.41) is 0. The molecule has 0 bridgehead atoms. The standard InChI is InChI=1S/C15H24N2/c1-4-13-10-14(9-12(3)15(13)16)17-7-5-11(2)6-8-17/h9-11H,4-8,16H2,1-3H3. The number of hydrogen-bond acceptors (Lipinski definition) is 2. The average Bonchev–Trinajstić information content (AvgIpc) is 2.33. The molecule has 1 aromatic carbocycles. The molecule has 0 aliphatic carbocycles. The number of hydrogen-bond donors (Lipinski definition) is 1. The van der Waals surface area contributed by atoms with Gasteiger partial charge in [0.2, 0.25) is 0 Å². The van der Waals surface area contributed by atoms with Gasteiger partial charge in [-0.2, -0.15) is 0 Å². The summed E-state index contributed by atoms with van der Waals surface area (Å²) >= 11 is 0. The van der Waals surface area contributed by atoms with Crippen molar-refractivity contribution in [2.75, 3.05) is 23.7 Å². The van der Waals surface area contributed by atoms with Crippen molar-refractivity contribution in [2.45, 2.75) is 40.0 Å². The van der Waals surface area contributed by atoms with Crippen LogP contribution in [0.25, 0.3) is 0 Å². The summed E-state index contributed by atoms with van der Waals surface area (Å²) in [6.45, 7) is 9.02. The smallest absolute Gasteiger partial charge is 0.0377 e. The third-order valence-corrected chi connectivity index (χ3v) is 3.99. The second-order valence-electron chi connectivity index (χ2n) is 5.36. The van der Waals surface area contributed by atoms with Crippen molar-refractivity contribution in [3.63, 3.8) is 0 Å². The van der Waals surface area contributed by atoms with Crippen molar-refractivity contribution < 1.29 is 0 Å². The molecule has 1 heterocycles. The molecule has 2 rings (SSSR count). The summed E-state index contributed by atoms with van der Waals surface area (Å²) in [6.07, 6.45) is 3.64. The number of nitrogen functional groups attached to an aromatic ring is 1. The first-order chi connectivity index (χ1) is 8.11. The zero-order chi connectivity index (χ0) is 12.4. The van der Waals surface area contributed by atoms with E-state index in [1.807, 2.05) is 0 Å². The Labute approximate surface area is 105 Å². The Balaban J connectivity index is 2.24. The lowest BCUT2D eigenvalue weighted by molar-refractivity contribution is 0.438. The van der Waals surface area contributed by atoms with Crippen LogP contribution in [-0.2, 0) is 6.42 Å². The van der Waals surface area contributed by atoms with Gasteiger partial charge in [0, 0.05) is 24.5 Å². The van der Waals surface area contributed by atoms with Gasteiger partial charge in [-0.05, 0) is 55.4 Å². The number of rotatable bonds is 2. The van der Waals surface area contributed by atoms with Gasteiger partial charge in [0.25, 0.3) is 0 Å². The van der Waals surface area contributed by atoms with Crippen LogP contribution < -0.4 is 10.6 Å². The highest BCUT2D eigenvalue weighted by Crippen LogP contribution is 2.28. The molecule has 0 spiro atoms. The maximum absolute atomic E-state index is 6.10. The molecular weight excluding hydrogens is 208 g/mol. The van der Waals surface area contributed by atoms with E-state index >= 15 is 0 Å². The van der Waals surface area contributed by atoms with Crippen LogP contribution in [0.5, 0.6) is 0 Å². The number of anilines is 2. The number of piperidine rings is 1. The molecule has 1 aliphatic rings.